The van der Waals surface area contributed by atoms with Crippen LogP contribution in [-0.4, -0.2) is 31.5 Å². The molecule has 2 rings (SSSR count). The molecule has 2 saturated heterocycles. The highest BCUT2D eigenvalue weighted by molar-refractivity contribution is 4.89. The first-order chi connectivity index (χ1) is 6.85. The molecular formula is C11H22N2O. The highest BCUT2D eigenvalue weighted by atomic mass is 16.5. The number of hydrogen-bond acceptors (Lipinski definition) is 3. The van der Waals surface area contributed by atoms with Gasteiger partial charge in [0.1, 0.15) is 5.72 Å². The molecule has 1 unspecified atom stereocenters. The third kappa shape index (κ3) is 2.27. The van der Waals surface area contributed by atoms with Crippen molar-refractivity contribution in [1.82, 2.24) is 10.6 Å². The molecule has 2 aliphatic heterocycles. The van der Waals surface area contributed by atoms with Crippen molar-refractivity contribution in [2.45, 2.75) is 50.8 Å². The van der Waals surface area contributed by atoms with E-state index in [0.717, 1.165) is 32.5 Å². The lowest BCUT2D eigenvalue weighted by molar-refractivity contribution is -0.127. The van der Waals surface area contributed by atoms with Crippen molar-refractivity contribution in [2.75, 3.05) is 19.7 Å². The fourth-order valence-corrected chi connectivity index (χ4v) is 2.57. The molecule has 2 heterocycles. The largest absolute Gasteiger partial charge is 0.360 e. The first-order valence-corrected chi connectivity index (χ1v) is 5.97. The fourth-order valence-electron chi connectivity index (χ4n) is 2.57. The summed E-state index contributed by atoms with van der Waals surface area (Å²) in [6.07, 6.45) is 5.98. The molecule has 2 fully saturated rings. The van der Waals surface area contributed by atoms with Gasteiger partial charge in [-0.25, -0.2) is 0 Å². The summed E-state index contributed by atoms with van der Waals surface area (Å²) in [7, 11) is 0. The molecule has 0 aliphatic carbocycles. The predicted molar refractivity (Wildman–Crippen MR) is 57.2 cm³/mol. The molecule has 0 bridgehead atoms. The van der Waals surface area contributed by atoms with Crippen LogP contribution in [0.1, 0.15) is 39.0 Å². The number of hydrogen-bond donors (Lipinski definition) is 2. The van der Waals surface area contributed by atoms with E-state index in [1.54, 1.807) is 0 Å². The number of ether oxygens (including phenoxy) is 1. The Morgan fingerprint density at radius 2 is 2.14 bits per heavy atom. The molecule has 14 heavy (non-hydrogen) atoms. The van der Waals surface area contributed by atoms with Gasteiger partial charge in [0.2, 0.25) is 0 Å². The SMILES string of the molecule is CCCC1CCOC2(CCNCC2)N1. The van der Waals surface area contributed by atoms with Crippen molar-refractivity contribution in [3.05, 3.63) is 0 Å². The minimum atomic E-state index is 0.0172. The van der Waals surface area contributed by atoms with Crippen molar-refractivity contribution in [3.8, 4) is 0 Å². The second kappa shape index (κ2) is 4.60. The van der Waals surface area contributed by atoms with Gasteiger partial charge >= 0.3 is 0 Å². The Kier molecular flexibility index (Phi) is 3.42. The Morgan fingerprint density at radius 3 is 2.86 bits per heavy atom. The van der Waals surface area contributed by atoms with Gasteiger partial charge in [0.05, 0.1) is 6.61 Å². The molecule has 3 heteroatoms. The number of nitrogens with one attached hydrogen (secondary N) is 2. The van der Waals surface area contributed by atoms with E-state index >= 15 is 0 Å². The maximum Gasteiger partial charge on any atom is 0.121 e. The molecule has 1 spiro atoms. The van der Waals surface area contributed by atoms with Crippen LogP contribution >= 0.6 is 0 Å². The molecule has 0 aromatic rings. The van der Waals surface area contributed by atoms with Crippen LogP contribution in [0.2, 0.25) is 0 Å². The van der Waals surface area contributed by atoms with Gasteiger partial charge in [-0.05, 0) is 25.9 Å². The van der Waals surface area contributed by atoms with Gasteiger partial charge in [-0.3, -0.25) is 5.32 Å². The van der Waals surface area contributed by atoms with Crippen LogP contribution in [0, 0.1) is 0 Å². The normalized spacial score (nSPS) is 31.9. The molecule has 0 aromatic heterocycles. The molecule has 0 aromatic carbocycles. The molecule has 0 amide bonds. The van der Waals surface area contributed by atoms with E-state index in [0.29, 0.717) is 6.04 Å². The fraction of sp³-hybridized carbons (Fsp3) is 1.00. The maximum absolute atomic E-state index is 5.93. The van der Waals surface area contributed by atoms with Crippen molar-refractivity contribution >= 4 is 0 Å². The zero-order valence-electron chi connectivity index (χ0n) is 9.14. The molecule has 0 saturated carbocycles. The zero-order valence-corrected chi connectivity index (χ0v) is 9.14. The van der Waals surface area contributed by atoms with Crippen molar-refractivity contribution in [3.63, 3.8) is 0 Å². The lowest BCUT2D eigenvalue weighted by Crippen LogP contribution is -2.60. The number of piperidine rings is 1. The van der Waals surface area contributed by atoms with Gasteiger partial charge in [0.25, 0.3) is 0 Å². The summed E-state index contributed by atoms with van der Waals surface area (Å²) in [5, 5.41) is 7.09. The monoisotopic (exact) mass is 198 g/mol. The Hall–Kier alpha value is -0.120. The third-order valence-corrected chi connectivity index (χ3v) is 3.36. The van der Waals surface area contributed by atoms with Gasteiger partial charge in [-0.2, -0.15) is 0 Å². The molecule has 1 atom stereocenters. The van der Waals surface area contributed by atoms with Crippen LogP contribution in [0.25, 0.3) is 0 Å². The maximum atomic E-state index is 5.93. The molecule has 2 N–H and O–H groups in total. The van der Waals surface area contributed by atoms with Gasteiger partial charge in [-0.1, -0.05) is 13.3 Å². The minimum Gasteiger partial charge on any atom is -0.360 e. The quantitative estimate of drug-likeness (QED) is 0.700. The summed E-state index contributed by atoms with van der Waals surface area (Å²) in [6.45, 7) is 5.38. The van der Waals surface area contributed by atoms with Crippen LogP contribution in [-0.2, 0) is 4.74 Å². The van der Waals surface area contributed by atoms with E-state index < -0.39 is 0 Å². The van der Waals surface area contributed by atoms with Crippen LogP contribution in [0.15, 0.2) is 0 Å². The van der Waals surface area contributed by atoms with Gasteiger partial charge in [-0.15, -0.1) is 0 Å². The average molecular weight is 198 g/mol. The average Bonchev–Trinajstić information content (AvgIpc) is 2.19. The van der Waals surface area contributed by atoms with E-state index in [-0.39, 0.29) is 5.72 Å². The van der Waals surface area contributed by atoms with E-state index in [4.69, 9.17) is 4.74 Å². The van der Waals surface area contributed by atoms with E-state index in [2.05, 4.69) is 17.6 Å². The molecule has 2 aliphatic rings. The van der Waals surface area contributed by atoms with Crippen LogP contribution in [0.4, 0.5) is 0 Å². The van der Waals surface area contributed by atoms with E-state index in [1.807, 2.05) is 0 Å². The second-order valence-corrected chi connectivity index (χ2v) is 4.51. The first kappa shape index (κ1) is 10.4. The summed E-state index contributed by atoms with van der Waals surface area (Å²) in [5.41, 5.74) is 0.0172. The summed E-state index contributed by atoms with van der Waals surface area (Å²) in [6, 6.07) is 0.687. The topological polar surface area (TPSA) is 33.3 Å². The molecular weight excluding hydrogens is 176 g/mol. The van der Waals surface area contributed by atoms with Gasteiger partial charge in [0, 0.05) is 18.9 Å². The Balaban J connectivity index is 1.91. The Labute approximate surface area is 86.6 Å². The zero-order chi connectivity index (χ0) is 9.86. The number of rotatable bonds is 2. The molecule has 0 radical (unpaired) electrons. The first-order valence-electron chi connectivity index (χ1n) is 5.97. The minimum absolute atomic E-state index is 0.0172. The van der Waals surface area contributed by atoms with Crippen LogP contribution < -0.4 is 10.6 Å². The molecule has 3 nitrogen and oxygen atoms in total. The van der Waals surface area contributed by atoms with Crippen molar-refractivity contribution in [2.24, 2.45) is 0 Å². The van der Waals surface area contributed by atoms with E-state index in [1.165, 1.54) is 19.3 Å². The summed E-state index contributed by atoms with van der Waals surface area (Å²) in [4.78, 5) is 0. The standard InChI is InChI=1S/C11H22N2O/c1-2-3-10-4-9-14-11(13-10)5-7-12-8-6-11/h10,12-13H,2-9H2,1H3. The Bertz CT molecular complexity index is 171. The van der Waals surface area contributed by atoms with Crippen LogP contribution in [0.3, 0.4) is 0 Å². The van der Waals surface area contributed by atoms with Crippen LogP contribution in [0.5, 0.6) is 0 Å². The van der Waals surface area contributed by atoms with E-state index in [9.17, 15) is 0 Å². The highest BCUT2D eigenvalue weighted by Gasteiger charge is 2.37. The van der Waals surface area contributed by atoms with Gasteiger partial charge in [0.15, 0.2) is 0 Å². The lowest BCUT2D eigenvalue weighted by Gasteiger charge is -2.44. The summed E-state index contributed by atoms with van der Waals surface area (Å²) in [5.74, 6) is 0. The van der Waals surface area contributed by atoms with Gasteiger partial charge < -0.3 is 10.1 Å². The van der Waals surface area contributed by atoms with Crippen molar-refractivity contribution < 1.29 is 4.74 Å². The Morgan fingerprint density at radius 1 is 1.36 bits per heavy atom. The van der Waals surface area contributed by atoms with Crippen molar-refractivity contribution in [1.29, 1.82) is 0 Å². The predicted octanol–water partition coefficient (Wildman–Crippen LogP) is 1.24. The second-order valence-electron chi connectivity index (χ2n) is 4.51. The highest BCUT2D eigenvalue weighted by Crippen LogP contribution is 2.26. The molecule has 82 valence electrons. The summed E-state index contributed by atoms with van der Waals surface area (Å²) >= 11 is 0. The summed E-state index contributed by atoms with van der Waals surface area (Å²) < 4.78 is 5.93. The smallest absolute Gasteiger partial charge is 0.121 e. The third-order valence-electron chi connectivity index (χ3n) is 3.36. The lowest BCUT2D eigenvalue weighted by atomic mass is 9.96.